The number of pyridine rings is 1. The maximum atomic E-state index is 10.7. The summed E-state index contributed by atoms with van der Waals surface area (Å²) in [6.07, 6.45) is 3.35. The van der Waals surface area contributed by atoms with Crippen LogP contribution in [0.2, 0.25) is 0 Å². The Morgan fingerprint density at radius 3 is 2.80 bits per heavy atom. The van der Waals surface area contributed by atoms with Crippen LogP contribution in [-0.2, 0) is 0 Å². The second-order valence-corrected chi connectivity index (χ2v) is 3.49. The normalized spacial score (nSPS) is 16.4. The van der Waals surface area contributed by atoms with Gasteiger partial charge >= 0.3 is 5.97 Å². The molecule has 0 aromatic carbocycles. The van der Waals surface area contributed by atoms with E-state index in [0.29, 0.717) is 11.4 Å². The number of nitrogens with zero attached hydrogens (tertiary/aromatic N) is 2. The zero-order valence-corrected chi connectivity index (χ0v) is 7.92. The minimum atomic E-state index is -1.01. The number of carbonyl (C=O) groups is 1. The molecule has 1 aromatic rings. The van der Waals surface area contributed by atoms with Gasteiger partial charge in [0.05, 0.1) is 11.3 Å². The van der Waals surface area contributed by atoms with E-state index in [2.05, 4.69) is 10.1 Å². The largest absolute Gasteiger partial charge is 0.478 e. The fourth-order valence-corrected chi connectivity index (χ4v) is 1.40. The van der Waals surface area contributed by atoms with E-state index >= 15 is 0 Å². The zero-order valence-electron chi connectivity index (χ0n) is 7.92. The maximum Gasteiger partial charge on any atom is 0.335 e. The molecule has 1 fully saturated rings. The number of carboxylic acids is 1. The summed E-state index contributed by atoms with van der Waals surface area (Å²) in [6, 6.07) is 2.84. The molecule has 5 heteroatoms. The summed E-state index contributed by atoms with van der Waals surface area (Å²) >= 11 is 0. The molecule has 0 amide bonds. The molecule has 1 aliphatic carbocycles. The van der Waals surface area contributed by atoms with Crippen LogP contribution in [0.15, 0.2) is 23.5 Å². The molecule has 2 rings (SSSR count). The average Bonchev–Trinajstić information content (AvgIpc) is 3.04. The molecule has 0 bridgehead atoms. The van der Waals surface area contributed by atoms with E-state index in [1.807, 2.05) is 0 Å². The fraction of sp³-hybridized carbons (Fsp3) is 0.300. The Balaban J connectivity index is 2.35. The number of aromatic carboxylic acids is 1. The molecule has 78 valence electrons. The zero-order chi connectivity index (χ0) is 10.8. The highest BCUT2D eigenvalue weighted by Gasteiger charge is 2.30. The lowest BCUT2D eigenvalue weighted by Gasteiger charge is -2.02. The van der Waals surface area contributed by atoms with Crippen LogP contribution in [0.25, 0.3) is 0 Å². The highest BCUT2D eigenvalue weighted by Crippen LogP contribution is 2.32. The Kier molecular flexibility index (Phi) is 2.37. The summed E-state index contributed by atoms with van der Waals surface area (Å²) in [5, 5.41) is 20.8. The topological polar surface area (TPSA) is 82.8 Å². The summed E-state index contributed by atoms with van der Waals surface area (Å²) in [4.78, 5) is 14.7. The Morgan fingerprint density at radius 2 is 2.27 bits per heavy atom. The Morgan fingerprint density at radius 1 is 1.53 bits per heavy atom. The van der Waals surface area contributed by atoms with Gasteiger partial charge in [-0.05, 0) is 25.0 Å². The van der Waals surface area contributed by atoms with Crippen LogP contribution in [0.3, 0.4) is 0 Å². The summed E-state index contributed by atoms with van der Waals surface area (Å²) in [7, 11) is 0. The SMILES string of the molecule is O=C(O)c1ccnc(/C(=N/O)C2CC2)c1. The van der Waals surface area contributed by atoms with Gasteiger partial charge in [0.15, 0.2) is 0 Å². The van der Waals surface area contributed by atoms with Crippen LogP contribution in [0, 0.1) is 5.92 Å². The van der Waals surface area contributed by atoms with Crippen molar-refractivity contribution in [2.45, 2.75) is 12.8 Å². The van der Waals surface area contributed by atoms with Crippen LogP contribution in [0.4, 0.5) is 0 Å². The lowest BCUT2D eigenvalue weighted by atomic mass is 10.1. The van der Waals surface area contributed by atoms with Crippen LogP contribution in [0.1, 0.15) is 28.9 Å². The summed E-state index contributed by atoms with van der Waals surface area (Å²) in [5.74, 6) is -0.779. The van der Waals surface area contributed by atoms with Gasteiger partial charge in [-0.25, -0.2) is 4.79 Å². The first-order valence-corrected chi connectivity index (χ1v) is 4.64. The molecule has 2 N–H and O–H groups in total. The van der Waals surface area contributed by atoms with E-state index in [0.717, 1.165) is 12.8 Å². The van der Waals surface area contributed by atoms with E-state index < -0.39 is 5.97 Å². The average molecular weight is 206 g/mol. The van der Waals surface area contributed by atoms with Crippen LogP contribution < -0.4 is 0 Å². The standard InChI is InChI=1S/C10H10N2O3/c13-10(14)7-3-4-11-8(5-7)9(12-15)6-1-2-6/h3-6,15H,1-2H2,(H,13,14)/b12-9+. The van der Waals surface area contributed by atoms with Crippen molar-refractivity contribution < 1.29 is 15.1 Å². The van der Waals surface area contributed by atoms with Crippen molar-refractivity contribution in [3.8, 4) is 0 Å². The minimum absolute atomic E-state index is 0.154. The first kappa shape index (κ1) is 9.64. The van der Waals surface area contributed by atoms with Crippen LogP contribution in [0.5, 0.6) is 0 Å². The third-order valence-electron chi connectivity index (χ3n) is 2.34. The molecular formula is C10H10N2O3. The summed E-state index contributed by atoms with van der Waals surface area (Å²) in [5.41, 5.74) is 1.08. The number of rotatable bonds is 3. The monoisotopic (exact) mass is 206 g/mol. The first-order valence-electron chi connectivity index (χ1n) is 4.64. The third kappa shape index (κ3) is 1.96. The van der Waals surface area contributed by atoms with Gasteiger partial charge in [-0.2, -0.15) is 0 Å². The van der Waals surface area contributed by atoms with E-state index in [-0.39, 0.29) is 11.5 Å². The molecule has 0 saturated heterocycles. The van der Waals surface area contributed by atoms with Crippen molar-refractivity contribution >= 4 is 11.7 Å². The molecule has 15 heavy (non-hydrogen) atoms. The lowest BCUT2D eigenvalue weighted by molar-refractivity contribution is 0.0696. The van der Waals surface area contributed by atoms with Crippen molar-refractivity contribution in [2.75, 3.05) is 0 Å². The lowest BCUT2D eigenvalue weighted by Crippen LogP contribution is -2.08. The number of hydrogen-bond donors (Lipinski definition) is 2. The Hall–Kier alpha value is -1.91. The predicted octanol–water partition coefficient (Wildman–Crippen LogP) is 1.37. The number of hydrogen-bond acceptors (Lipinski definition) is 4. The van der Waals surface area contributed by atoms with Crippen LogP contribution in [-0.4, -0.2) is 27.0 Å². The minimum Gasteiger partial charge on any atom is -0.478 e. The molecule has 1 saturated carbocycles. The van der Waals surface area contributed by atoms with Crippen molar-refractivity contribution in [3.05, 3.63) is 29.6 Å². The first-order chi connectivity index (χ1) is 7.22. The van der Waals surface area contributed by atoms with Crippen molar-refractivity contribution in [2.24, 2.45) is 11.1 Å². The molecule has 5 nitrogen and oxygen atoms in total. The molecule has 0 aliphatic heterocycles. The van der Waals surface area contributed by atoms with Gasteiger partial charge in [-0.3, -0.25) is 4.98 Å². The van der Waals surface area contributed by atoms with E-state index in [9.17, 15) is 4.79 Å². The maximum absolute atomic E-state index is 10.7. The molecule has 0 spiro atoms. The second-order valence-electron chi connectivity index (χ2n) is 3.49. The van der Waals surface area contributed by atoms with Crippen molar-refractivity contribution in [1.29, 1.82) is 0 Å². The van der Waals surface area contributed by atoms with Crippen molar-refractivity contribution in [3.63, 3.8) is 0 Å². The van der Waals surface area contributed by atoms with Gasteiger partial charge in [-0.15, -0.1) is 0 Å². The van der Waals surface area contributed by atoms with Gasteiger partial charge in [0.1, 0.15) is 5.71 Å². The fourth-order valence-electron chi connectivity index (χ4n) is 1.40. The van der Waals surface area contributed by atoms with E-state index in [1.165, 1.54) is 18.3 Å². The molecule has 1 heterocycles. The molecule has 1 aromatic heterocycles. The second kappa shape index (κ2) is 3.68. The highest BCUT2D eigenvalue weighted by atomic mass is 16.4. The van der Waals surface area contributed by atoms with Gasteiger partial charge in [0, 0.05) is 12.1 Å². The van der Waals surface area contributed by atoms with E-state index in [4.69, 9.17) is 10.3 Å². The van der Waals surface area contributed by atoms with Crippen molar-refractivity contribution in [1.82, 2.24) is 4.98 Å². The summed E-state index contributed by atoms with van der Waals surface area (Å²) in [6.45, 7) is 0. The number of oxime groups is 1. The number of aromatic nitrogens is 1. The van der Waals surface area contributed by atoms with Gasteiger partial charge in [-0.1, -0.05) is 5.16 Å². The molecular weight excluding hydrogens is 196 g/mol. The number of carboxylic acid groups (broad SMARTS) is 1. The van der Waals surface area contributed by atoms with Gasteiger partial charge in [0.25, 0.3) is 0 Å². The van der Waals surface area contributed by atoms with Gasteiger partial charge in [0.2, 0.25) is 0 Å². The van der Waals surface area contributed by atoms with Crippen LogP contribution >= 0.6 is 0 Å². The Bertz CT molecular complexity index is 424. The molecule has 0 radical (unpaired) electrons. The smallest absolute Gasteiger partial charge is 0.335 e. The predicted molar refractivity (Wildman–Crippen MR) is 52.2 cm³/mol. The third-order valence-corrected chi connectivity index (χ3v) is 2.34. The van der Waals surface area contributed by atoms with Gasteiger partial charge < -0.3 is 10.3 Å². The quantitative estimate of drug-likeness (QED) is 0.444. The molecule has 0 atom stereocenters. The highest BCUT2D eigenvalue weighted by molar-refractivity contribution is 6.03. The Labute approximate surface area is 86.1 Å². The summed E-state index contributed by atoms with van der Waals surface area (Å²) < 4.78 is 0. The molecule has 0 unspecified atom stereocenters. The van der Waals surface area contributed by atoms with E-state index in [1.54, 1.807) is 0 Å². The molecule has 1 aliphatic rings.